The van der Waals surface area contributed by atoms with Crippen LogP contribution < -0.4 is 5.73 Å². The number of hydrogen-bond acceptors (Lipinski definition) is 3. The molecular formula is C8H14N2O. The fourth-order valence-electron chi connectivity index (χ4n) is 0.543. The predicted molar refractivity (Wildman–Crippen MR) is 46.4 cm³/mol. The first-order chi connectivity index (χ1) is 5.22. The van der Waals surface area contributed by atoms with E-state index in [2.05, 4.69) is 4.99 Å². The van der Waals surface area contributed by atoms with Gasteiger partial charge in [-0.1, -0.05) is 13.3 Å². The monoisotopic (exact) mass is 154 g/mol. The fraction of sp³-hybridized carbons (Fsp3) is 0.500. The van der Waals surface area contributed by atoms with Gasteiger partial charge in [-0.3, -0.25) is 9.79 Å². The zero-order chi connectivity index (χ0) is 8.69. The van der Waals surface area contributed by atoms with E-state index < -0.39 is 0 Å². The third-order valence-electron chi connectivity index (χ3n) is 1.17. The van der Waals surface area contributed by atoms with E-state index in [1.807, 2.05) is 6.92 Å². The van der Waals surface area contributed by atoms with Gasteiger partial charge in [0.15, 0.2) is 5.78 Å². The highest BCUT2D eigenvalue weighted by atomic mass is 16.1. The Balaban J connectivity index is 4.00. The molecule has 2 N–H and O–H groups in total. The summed E-state index contributed by atoms with van der Waals surface area (Å²) in [7, 11) is 0. The first kappa shape index (κ1) is 9.88. The van der Waals surface area contributed by atoms with Crippen molar-refractivity contribution in [3.8, 4) is 0 Å². The van der Waals surface area contributed by atoms with Crippen LogP contribution in [0, 0.1) is 0 Å². The van der Waals surface area contributed by atoms with E-state index in [1.165, 1.54) is 13.1 Å². The van der Waals surface area contributed by atoms with Gasteiger partial charge in [0.2, 0.25) is 0 Å². The standard InChI is InChI=1S/C8H14N2O/c1-3-4-5-10-8(6-9)7(2)11/h5-6H,3-4,9H2,1-2H3/b8-6-,10-5-. The minimum atomic E-state index is -0.0974. The van der Waals surface area contributed by atoms with Gasteiger partial charge in [0.25, 0.3) is 0 Å². The summed E-state index contributed by atoms with van der Waals surface area (Å²) in [6.45, 7) is 3.49. The number of carbonyl (C=O) groups is 1. The van der Waals surface area contributed by atoms with Gasteiger partial charge in [0.1, 0.15) is 5.70 Å². The normalized spacial score (nSPS) is 12.4. The Morgan fingerprint density at radius 2 is 2.27 bits per heavy atom. The summed E-state index contributed by atoms with van der Waals surface area (Å²) in [5.74, 6) is -0.0974. The van der Waals surface area contributed by atoms with Crippen molar-refractivity contribution >= 4 is 12.0 Å². The van der Waals surface area contributed by atoms with Crippen molar-refractivity contribution in [3.63, 3.8) is 0 Å². The Hall–Kier alpha value is -1.12. The second-order valence-corrected chi connectivity index (χ2v) is 2.21. The number of nitrogens with two attached hydrogens (primary N) is 1. The Morgan fingerprint density at radius 3 is 2.64 bits per heavy atom. The highest BCUT2D eigenvalue weighted by Crippen LogP contribution is 1.95. The molecule has 0 saturated heterocycles. The number of nitrogens with zero attached hydrogens (tertiary/aromatic N) is 1. The molecule has 11 heavy (non-hydrogen) atoms. The van der Waals surface area contributed by atoms with Crippen LogP contribution in [-0.4, -0.2) is 12.0 Å². The van der Waals surface area contributed by atoms with Gasteiger partial charge in [0.05, 0.1) is 0 Å². The van der Waals surface area contributed by atoms with Gasteiger partial charge in [-0.25, -0.2) is 0 Å². The lowest BCUT2D eigenvalue weighted by atomic mass is 10.3. The van der Waals surface area contributed by atoms with Crippen molar-refractivity contribution in [3.05, 3.63) is 11.9 Å². The second-order valence-electron chi connectivity index (χ2n) is 2.21. The predicted octanol–water partition coefficient (Wildman–Crippen LogP) is 1.25. The van der Waals surface area contributed by atoms with Crippen LogP contribution in [0.25, 0.3) is 0 Å². The number of aliphatic imine (C=N–C) groups is 1. The summed E-state index contributed by atoms with van der Waals surface area (Å²) >= 11 is 0. The molecule has 0 aromatic rings. The van der Waals surface area contributed by atoms with Crippen LogP contribution in [0.5, 0.6) is 0 Å². The van der Waals surface area contributed by atoms with Crippen molar-refractivity contribution < 1.29 is 4.79 Å². The van der Waals surface area contributed by atoms with Crippen LogP contribution in [0.3, 0.4) is 0 Å². The van der Waals surface area contributed by atoms with Gasteiger partial charge in [-0.2, -0.15) is 0 Å². The number of carbonyl (C=O) groups excluding carboxylic acids is 1. The van der Waals surface area contributed by atoms with Gasteiger partial charge in [-0.05, 0) is 6.42 Å². The number of Topliss-reactive ketones (excluding diaryl/α,β-unsaturated/α-hetero) is 1. The van der Waals surface area contributed by atoms with Crippen LogP contribution in [0.15, 0.2) is 16.9 Å². The number of rotatable bonds is 4. The molecule has 3 nitrogen and oxygen atoms in total. The lowest BCUT2D eigenvalue weighted by Crippen LogP contribution is -1.97. The van der Waals surface area contributed by atoms with Crippen molar-refractivity contribution in [2.24, 2.45) is 10.7 Å². The highest BCUT2D eigenvalue weighted by Gasteiger charge is 1.96. The minimum absolute atomic E-state index is 0.0974. The molecule has 0 aliphatic heterocycles. The zero-order valence-electron chi connectivity index (χ0n) is 7.00. The molecule has 0 saturated carbocycles. The van der Waals surface area contributed by atoms with Gasteiger partial charge >= 0.3 is 0 Å². The summed E-state index contributed by atoms with van der Waals surface area (Å²) in [6, 6.07) is 0. The van der Waals surface area contributed by atoms with Crippen LogP contribution >= 0.6 is 0 Å². The quantitative estimate of drug-likeness (QED) is 0.489. The van der Waals surface area contributed by atoms with Gasteiger partial charge in [0, 0.05) is 19.3 Å². The average molecular weight is 154 g/mol. The van der Waals surface area contributed by atoms with E-state index in [1.54, 1.807) is 6.21 Å². The Morgan fingerprint density at radius 1 is 1.64 bits per heavy atom. The number of allylic oxidation sites excluding steroid dienone is 1. The topological polar surface area (TPSA) is 55.4 Å². The molecule has 0 unspecified atom stereocenters. The maximum atomic E-state index is 10.7. The lowest BCUT2D eigenvalue weighted by Gasteiger charge is -1.91. The van der Waals surface area contributed by atoms with Crippen molar-refractivity contribution in [1.82, 2.24) is 0 Å². The molecule has 0 radical (unpaired) electrons. The summed E-state index contributed by atoms with van der Waals surface area (Å²) in [4.78, 5) is 14.6. The zero-order valence-corrected chi connectivity index (χ0v) is 7.00. The molecule has 0 aromatic carbocycles. The van der Waals surface area contributed by atoms with Crippen LogP contribution in [0.2, 0.25) is 0 Å². The van der Waals surface area contributed by atoms with E-state index in [4.69, 9.17) is 5.73 Å². The van der Waals surface area contributed by atoms with E-state index in [-0.39, 0.29) is 5.78 Å². The molecule has 0 bridgehead atoms. The molecule has 0 rings (SSSR count). The van der Waals surface area contributed by atoms with Gasteiger partial charge in [-0.15, -0.1) is 0 Å². The second kappa shape index (κ2) is 5.65. The third kappa shape index (κ3) is 4.31. The summed E-state index contributed by atoms with van der Waals surface area (Å²) < 4.78 is 0. The molecule has 0 aliphatic carbocycles. The molecule has 0 aromatic heterocycles. The van der Waals surface area contributed by atoms with Crippen LogP contribution in [0.1, 0.15) is 26.7 Å². The first-order valence-corrected chi connectivity index (χ1v) is 3.67. The Kier molecular flexibility index (Phi) is 5.07. The van der Waals surface area contributed by atoms with E-state index in [9.17, 15) is 4.79 Å². The maximum absolute atomic E-state index is 10.7. The van der Waals surface area contributed by atoms with Gasteiger partial charge < -0.3 is 5.73 Å². The molecule has 0 heterocycles. The summed E-state index contributed by atoms with van der Waals surface area (Å²) in [6.07, 6.45) is 4.85. The van der Waals surface area contributed by atoms with Crippen molar-refractivity contribution in [1.29, 1.82) is 0 Å². The fourth-order valence-corrected chi connectivity index (χ4v) is 0.543. The summed E-state index contributed by atoms with van der Waals surface area (Å²) in [5, 5.41) is 0. The number of ketones is 1. The van der Waals surface area contributed by atoms with Crippen LogP contribution in [0.4, 0.5) is 0 Å². The highest BCUT2D eigenvalue weighted by molar-refractivity contribution is 5.94. The SMILES string of the molecule is CCC/C=N\C(=C/N)C(C)=O. The van der Waals surface area contributed by atoms with Crippen molar-refractivity contribution in [2.45, 2.75) is 26.7 Å². The third-order valence-corrected chi connectivity index (χ3v) is 1.17. The Bertz CT molecular complexity index is 183. The molecule has 0 atom stereocenters. The average Bonchev–Trinajstić information content (AvgIpc) is 1.97. The molecule has 3 heteroatoms. The molecule has 0 fully saturated rings. The molecule has 0 spiro atoms. The Labute approximate surface area is 67.0 Å². The molecule has 0 aliphatic rings. The van der Waals surface area contributed by atoms with Crippen molar-refractivity contribution in [2.75, 3.05) is 0 Å². The maximum Gasteiger partial charge on any atom is 0.179 e. The lowest BCUT2D eigenvalue weighted by molar-refractivity contribution is -0.113. The van der Waals surface area contributed by atoms with E-state index in [0.717, 1.165) is 12.8 Å². The minimum Gasteiger partial charge on any atom is -0.403 e. The van der Waals surface area contributed by atoms with E-state index >= 15 is 0 Å². The van der Waals surface area contributed by atoms with Crippen LogP contribution in [-0.2, 0) is 4.79 Å². The molecule has 0 amide bonds. The smallest absolute Gasteiger partial charge is 0.179 e. The molecule has 62 valence electrons. The number of unbranched alkanes of at least 4 members (excludes halogenated alkanes) is 1. The number of hydrogen-bond donors (Lipinski definition) is 1. The largest absolute Gasteiger partial charge is 0.403 e. The van der Waals surface area contributed by atoms with E-state index in [0.29, 0.717) is 5.70 Å². The first-order valence-electron chi connectivity index (χ1n) is 3.67. The summed E-state index contributed by atoms with van der Waals surface area (Å²) in [5.41, 5.74) is 5.49. The molecular weight excluding hydrogens is 140 g/mol.